The largest absolute Gasteiger partial charge is 0.330 e. The lowest BCUT2D eigenvalue weighted by Gasteiger charge is -1.86. The van der Waals surface area contributed by atoms with Crippen molar-refractivity contribution in [2.75, 3.05) is 6.54 Å². The van der Waals surface area contributed by atoms with E-state index in [1.165, 1.54) is 44.1 Å². The molecule has 0 aliphatic rings. The van der Waals surface area contributed by atoms with E-state index >= 15 is 0 Å². The maximum atomic E-state index is 5.14. The molecule has 0 atom stereocenters. The minimum Gasteiger partial charge on any atom is -0.330 e. The highest BCUT2D eigenvalue weighted by atomic mass is 14.5. The summed E-state index contributed by atoms with van der Waals surface area (Å²) in [4.78, 5) is 0. The Morgan fingerprint density at radius 2 is 1.13 bits per heavy atom. The molecule has 0 aliphatic heterocycles. The molecule has 0 spiro atoms. The summed E-state index contributed by atoms with van der Waals surface area (Å²) in [5, 5.41) is 0. The molecule has 0 bridgehead atoms. The van der Waals surface area contributed by atoms with Crippen molar-refractivity contribution in [3.8, 4) is 0 Å². The van der Waals surface area contributed by atoms with Crippen LogP contribution in [-0.2, 0) is 0 Å². The third-order valence-electron chi connectivity index (χ3n) is 1.51. The Bertz CT molecular complexity index is 87.5. The Kier molecular flexibility index (Phi) is 31.6. The molecule has 0 amide bonds. The van der Waals surface area contributed by atoms with Gasteiger partial charge in [-0.1, -0.05) is 58.4 Å². The fourth-order valence-corrected chi connectivity index (χ4v) is 0.704. The molecular formula is C14H33N. The fraction of sp³-hybridized carbons (Fsp3) is 0.857. The summed E-state index contributed by atoms with van der Waals surface area (Å²) in [7, 11) is 0. The lowest BCUT2D eigenvalue weighted by atomic mass is 10.2. The molecule has 0 radical (unpaired) electrons. The minimum atomic E-state index is 0.844. The topological polar surface area (TPSA) is 26.0 Å². The average Bonchev–Trinajstić information content (AvgIpc) is 2.16. The molecule has 0 aromatic rings. The summed E-state index contributed by atoms with van der Waals surface area (Å²) in [6, 6.07) is 0. The number of unbranched alkanes of at least 4 members (excludes halogenated alkanes) is 4. The van der Waals surface area contributed by atoms with E-state index in [-0.39, 0.29) is 0 Å². The molecule has 0 fully saturated rings. The summed E-state index contributed by atoms with van der Waals surface area (Å²) in [6.07, 6.45) is 7.92. The summed E-state index contributed by atoms with van der Waals surface area (Å²) in [5.41, 5.74) is 6.31. The molecule has 0 aromatic carbocycles. The molecule has 0 saturated heterocycles. The normalized spacial score (nSPS) is 8.13. The van der Waals surface area contributed by atoms with E-state index < -0.39 is 0 Å². The first-order chi connectivity index (χ1) is 7.06. The van der Waals surface area contributed by atoms with Gasteiger partial charge in [-0.25, -0.2) is 0 Å². The SMILES string of the molecule is C=C(C)C.CCCCCC.CCCCN. The summed E-state index contributed by atoms with van der Waals surface area (Å²) in [5.74, 6) is 0. The Labute approximate surface area is 98.1 Å². The van der Waals surface area contributed by atoms with Crippen LogP contribution in [0, 0.1) is 0 Å². The van der Waals surface area contributed by atoms with E-state index in [0.717, 1.165) is 6.54 Å². The maximum Gasteiger partial charge on any atom is -0.00774 e. The molecule has 0 aromatic heterocycles. The first kappa shape index (κ1) is 20.2. The summed E-state index contributed by atoms with van der Waals surface area (Å²) < 4.78 is 0. The van der Waals surface area contributed by atoms with Gasteiger partial charge in [0.05, 0.1) is 0 Å². The molecule has 15 heavy (non-hydrogen) atoms. The van der Waals surface area contributed by atoms with E-state index in [4.69, 9.17) is 5.73 Å². The molecule has 0 rings (SSSR count). The van der Waals surface area contributed by atoms with Crippen LogP contribution < -0.4 is 5.73 Å². The first-order valence-electron chi connectivity index (χ1n) is 6.38. The summed E-state index contributed by atoms with van der Waals surface area (Å²) in [6.45, 7) is 14.9. The van der Waals surface area contributed by atoms with Crippen LogP contribution in [0.5, 0.6) is 0 Å². The Hall–Kier alpha value is -0.300. The summed E-state index contributed by atoms with van der Waals surface area (Å²) >= 11 is 0. The number of hydrogen-bond acceptors (Lipinski definition) is 1. The lowest BCUT2D eigenvalue weighted by molar-refractivity contribution is 0.702. The average molecular weight is 215 g/mol. The Balaban J connectivity index is -0.000000147. The first-order valence-corrected chi connectivity index (χ1v) is 6.38. The number of nitrogens with two attached hydrogens (primary N) is 1. The third-order valence-corrected chi connectivity index (χ3v) is 1.51. The highest BCUT2D eigenvalue weighted by molar-refractivity contribution is 4.78. The molecule has 1 nitrogen and oxygen atoms in total. The second-order valence-electron chi connectivity index (χ2n) is 4.06. The van der Waals surface area contributed by atoms with Gasteiger partial charge < -0.3 is 5.73 Å². The van der Waals surface area contributed by atoms with Gasteiger partial charge in [-0.2, -0.15) is 0 Å². The van der Waals surface area contributed by atoms with Crippen LogP contribution in [0.25, 0.3) is 0 Å². The lowest BCUT2D eigenvalue weighted by Crippen LogP contribution is -1.95. The van der Waals surface area contributed by atoms with Crippen molar-refractivity contribution in [2.24, 2.45) is 5.73 Å². The van der Waals surface area contributed by atoms with Crippen molar-refractivity contribution in [1.29, 1.82) is 0 Å². The molecule has 0 heterocycles. The van der Waals surface area contributed by atoms with Crippen molar-refractivity contribution < 1.29 is 0 Å². The molecule has 1 heteroatoms. The maximum absolute atomic E-state index is 5.14. The van der Waals surface area contributed by atoms with Crippen LogP contribution in [0.2, 0.25) is 0 Å². The second-order valence-corrected chi connectivity index (χ2v) is 4.06. The van der Waals surface area contributed by atoms with E-state index in [1.54, 1.807) is 0 Å². The predicted octanol–water partition coefficient (Wildman–Crippen LogP) is 4.91. The van der Waals surface area contributed by atoms with Gasteiger partial charge in [0, 0.05) is 0 Å². The standard InChI is InChI=1S/C6H14.C4H11N.C4H8/c1-3-5-6-4-2;1-2-3-4-5;1-4(2)3/h3-6H2,1-2H3;2-5H2,1H3;1H2,2-3H3. The number of allylic oxidation sites excluding steroid dienone is 1. The molecule has 0 unspecified atom stereocenters. The van der Waals surface area contributed by atoms with Crippen molar-refractivity contribution in [2.45, 2.75) is 73.1 Å². The smallest absolute Gasteiger partial charge is 0.00774 e. The molecule has 0 aliphatic carbocycles. The fourth-order valence-electron chi connectivity index (χ4n) is 0.704. The molecule has 2 N–H and O–H groups in total. The van der Waals surface area contributed by atoms with Crippen LogP contribution in [0.15, 0.2) is 12.2 Å². The van der Waals surface area contributed by atoms with Gasteiger partial charge >= 0.3 is 0 Å². The van der Waals surface area contributed by atoms with Gasteiger partial charge in [0.25, 0.3) is 0 Å². The van der Waals surface area contributed by atoms with Crippen molar-refractivity contribution >= 4 is 0 Å². The van der Waals surface area contributed by atoms with Crippen LogP contribution in [0.4, 0.5) is 0 Å². The van der Waals surface area contributed by atoms with Crippen LogP contribution in [0.3, 0.4) is 0 Å². The van der Waals surface area contributed by atoms with Gasteiger partial charge in [0.2, 0.25) is 0 Å². The third kappa shape index (κ3) is 84.9. The molecule has 0 saturated carbocycles. The highest BCUT2D eigenvalue weighted by Gasteiger charge is 1.75. The number of hydrogen-bond donors (Lipinski definition) is 1. The van der Waals surface area contributed by atoms with E-state index in [0.29, 0.717) is 0 Å². The Morgan fingerprint density at radius 3 is 1.20 bits per heavy atom. The molecular weight excluding hydrogens is 182 g/mol. The Morgan fingerprint density at radius 1 is 0.867 bits per heavy atom. The number of rotatable bonds is 5. The highest BCUT2D eigenvalue weighted by Crippen LogP contribution is 1.95. The van der Waals surface area contributed by atoms with Gasteiger partial charge in [-0.15, -0.1) is 6.58 Å². The zero-order valence-electron chi connectivity index (χ0n) is 11.7. The van der Waals surface area contributed by atoms with Crippen molar-refractivity contribution in [3.63, 3.8) is 0 Å². The minimum absolute atomic E-state index is 0.844. The van der Waals surface area contributed by atoms with E-state index in [1.807, 2.05) is 13.8 Å². The zero-order valence-corrected chi connectivity index (χ0v) is 11.7. The van der Waals surface area contributed by atoms with Gasteiger partial charge in [-0.05, 0) is 26.8 Å². The van der Waals surface area contributed by atoms with Crippen LogP contribution >= 0.6 is 0 Å². The van der Waals surface area contributed by atoms with Crippen LogP contribution in [-0.4, -0.2) is 6.54 Å². The molecule has 94 valence electrons. The van der Waals surface area contributed by atoms with Crippen molar-refractivity contribution in [3.05, 3.63) is 12.2 Å². The quantitative estimate of drug-likeness (QED) is 0.511. The van der Waals surface area contributed by atoms with Crippen LogP contribution in [0.1, 0.15) is 73.1 Å². The second kappa shape index (κ2) is 23.5. The monoisotopic (exact) mass is 215 g/mol. The predicted molar refractivity (Wildman–Crippen MR) is 74.3 cm³/mol. The van der Waals surface area contributed by atoms with Gasteiger partial charge in [-0.3, -0.25) is 0 Å². The van der Waals surface area contributed by atoms with E-state index in [2.05, 4.69) is 27.4 Å². The van der Waals surface area contributed by atoms with Crippen molar-refractivity contribution in [1.82, 2.24) is 0 Å². The zero-order chi connectivity index (χ0) is 12.5. The van der Waals surface area contributed by atoms with E-state index in [9.17, 15) is 0 Å². The van der Waals surface area contributed by atoms with Gasteiger partial charge in [0.1, 0.15) is 0 Å². The van der Waals surface area contributed by atoms with Gasteiger partial charge in [0.15, 0.2) is 0 Å².